The smallest absolute Gasteiger partial charge is 0.233 e. The van der Waals surface area contributed by atoms with Crippen LogP contribution in [0, 0.1) is 5.92 Å². The van der Waals surface area contributed by atoms with Gasteiger partial charge in [0.15, 0.2) is 0 Å². The molecule has 0 spiro atoms. The van der Waals surface area contributed by atoms with E-state index in [0.717, 1.165) is 41.9 Å². The van der Waals surface area contributed by atoms with Gasteiger partial charge in [0.25, 0.3) is 0 Å². The summed E-state index contributed by atoms with van der Waals surface area (Å²) in [6.45, 7) is 4.91. The average molecular weight is 313 g/mol. The number of amides is 1. The van der Waals surface area contributed by atoms with Crippen molar-refractivity contribution in [2.24, 2.45) is 5.92 Å². The molecule has 110 valence electrons. The fraction of sp³-hybridized carbons (Fsp3) is 0.533. The lowest BCUT2D eigenvalue weighted by molar-refractivity contribution is -0.120. The number of thioether (sulfide) groups is 1. The summed E-state index contributed by atoms with van der Waals surface area (Å²) in [4.78, 5) is 13.1. The highest BCUT2D eigenvalue weighted by molar-refractivity contribution is 8.00. The zero-order chi connectivity index (χ0) is 14.4. The first-order chi connectivity index (χ1) is 9.65. The molecular formula is C15H21ClN2OS. The van der Waals surface area contributed by atoms with Gasteiger partial charge in [-0.25, -0.2) is 0 Å². The fourth-order valence-electron chi connectivity index (χ4n) is 2.27. The van der Waals surface area contributed by atoms with E-state index in [1.165, 1.54) is 6.42 Å². The molecule has 2 rings (SSSR count). The van der Waals surface area contributed by atoms with Gasteiger partial charge in [0.05, 0.1) is 5.25 Å². The molecule has 1 aromatic carbocycles. The van der Waals surface area contributed by atoms with E-state index >= 15 is 0 Å². The van der Waals surface area contributed by atoms with Crippen LogP contribution in [-0.2, 0) is 4.79 Å². The Morgan fingerprint density at radius 1 is 1.50 bits per heavy atom. The summed E-state index contributed by atoms with van der Waals surface area (Å²) in [7, 11) is 0. The van der Waals surface area contributed by atoms with Gasteiger partial charge in [-0.2, -0.15) is 0 Å². The lowest BCUT2D eigenvalue weighted by Crippen LogP contribution is -2.32. The van der Waals surface area contributed by atoms with E-state index in [2.05, 4.69) is 10.6 Å². The number of benzene rings is 1. The molecule has 1 aliphatic heterocycles. The third-order valence-electron chi connectivity index (χ3n) is 3.51. The number of nitrogens with one attached hydrogen (secondary N) is 2. The molecule has 1 fully saturated rings. The third kappa shape index (κ3) is 5.00. The molecule has 0 aliphatic carbocycles. The van der Waals surface area contributed by atoms with Gasteiger partial charge in [0.1, 0.15) is 0 Å². The molecule has 1 amide bonds. The average Bonchev–Trinajstić information content (AvgIpc) is 2.94. The van der Waals surface area contributed by atoms with Gasteiger partial charge in [-0.05, 0) is 63.0 Å². The van der Waals surface area contributed by atoms with E-state index in [-0.39, 0.29) is 11.2 Å². The number of carbonyl (C=O) groups is 1. The first-order valence-corrected chi connectivity index (χ1v) is 8.31. The predicted molar refractivity (Wildman–Crippen MR) is 85.4 cm³/mol. The van der Waals surface area contributed by atoms with Crippen LogP contribution in [0.2, 0.25) is 5.02 Å². The zero-order valence-electron chi connectivity index (χ0n) is 11.7. The van der Waals surface area contributed by atoms with Crippen molar-refractivity contribution >= 4 is 29.3 Å². The first-order valence-electron chi connectivity index (χ1n) is 7.06. The Balaban J connectivity index is 1.69. The Labute approximate surface area is 129 Å². The minimum Gasteiger partial charge on any atom is -0.355 e. The molecule has 3 nitrogen and oxygen atoms in total. The maximum atomic E-state index is 12.0. The number of carbonyl (C=O) groups excluding carboxylic acids is 1. The molecule has 0 saturated carbocycles. The lowest BCUT2D eigenvalue weighted by Gasteiger charge is -2.13. The highest BCUT2D eigenvalue weighted by Crippen LogP contribution is 2.24. The largest absolute Gasteiger partial charge is 0.355 e. The highest BCUT2D eigenvalue weighted by atomic mass is 35.5. The van der Waals surface area contributed by atoms with Crippen LogP contribution in [0.1, 0.15) is 19.8 Å². The van der Waals surface area contributed by atoms with Crippen LogP contribution in [0.4, 0.5) is 0 Å². The van der Waals surface area contributed by atoms with Crippen molar-refractivity contribution in [2.75, 3.05) is 19.6 Å². The first kappa shape index (κ1) is 15.7. The van der Waals surface area contributed by atoms with E-state index in [1.807, 2.05) is 31.2 Å². The van der Waals surface area contributed by atoms with Crippen molar-refractivity contribution in [1.29, 1.82) is 0 Å². The van der Waals surface area contributed by atoms with Gasteiger partial charge >= 0.3 is 0 Å². The Morgan fingerprint density at radius 3 is 2.90 bits per heavy atom. The van der Waals surface area contributed by atoms with Gasteiger partial charge in [-0.3, -0.25) is 4.79 Å². The van der Waals surface area contributed by atoms with E-state index in [0.29, 0.717) is 0 Å². The summed E-state index contributed by atoms with van der Waals surface area (Å²) in [6, 6.07) is 7.59. The van der Waals surface area contributed by atoms with Crippen LogP contribution in [0.3, 0.4) is 0 Å². The highest BCUT2D eigenvalue weighted by Gasteiger charge is 2.16. The van der Waals surface area contributed by atoms with E-state index < -0.39 is 0 Å². The summed E-state index contributed by atoms with van der Waals surface area (Å²) in [6.07, 6.45) is 2.29. The standard InChI is InChI=1S/C15H21ClN2OS/c1-11(20-14-4-2-13(16)3-5-14)15(19)18-9-7-12-6-8-17-10-12/h2-5,11-12,17H,6-10H2,1H3,(H,18,19). The Bertz CT molecular complexity index is 432. The number of halogens is 1. The molecule has 1 heterocycles. The fourth-order valence-corrected chi connectivity index (χ4v) is 3.29. The maximum absolute atomic E-state index is 12.0. The van der Waals surface area contributed by atoms with Crippen molar-refractivity contribution < 1.29 is 4.79 Å². The minimum atomic E-state index is -0.0853. The molecule has 2 unspecified atom stereocenters. The summed E-state index contributed by atoms with van der Waals surface area (Å²) in [5.74, 6) is 0.824. The molecule has 1 aliphatic rings. The van der Waals surface area contributed by atoms with Crippen LogP contribution in [-0.4, -0.2) is 30.8 Å². The van der Waals surface area contributed by atoms with Crippen molar-refractivity contribution in [1.82, 2.24) is 10.6 Å². The van der Waals surface area contributed by atoms with E-state index in [4.69, 9.17) is 11.6 Å². The van der Waals surface area contributed by atoms with Crippen molar-refractivity contribution in [3.05, 3.63) is 29.3 Å². The Morgan fingerprint density at radius 2 is 2.25 bits per heavy atom. The summed E-state index contributed by atoms with van der Waals surface area (Å²) in [5, 5.41) is 7.00. The quantitative estimate of drug-likeness (QED) is 0.794. The normalized spacial score (nSPS) is 19.8. The second-order valence-electron chi connectivity index (χ2n) is 5.15. The van der Waals surface area contributed by atoms with Crippen LogP contribution in [0.5, 0.6) is 0 Å². The third-order valence-corrected chi connectivity index (χ3v) is 4.87. The number of rotatable bonds is 6. The van der Waals surface area contributed by atoms with Crippen LogP contribution in [0.15, 0.2) is 29.2 Å². The van der Waals surface area contributed by atoms with E-state index in [1.54, 1.807) is 11.8 Å². The second kappa shape index (κ2) is 7.91. The SMILES string of the molecule is CC(Sc1ccc(Cl)cc1)C(=O)NCCC1CCNC1. The summed E-state index contributed by atoms with van der Waals surface area (Å²) >= 11 is 7.41. The molecule has 2 N–H and O–H groups in total. The second-order valence-corrected chi connectivity index (χ2v) is 7.00. The molecule has 0 radical (unpaired) electrons. The molecule has 0 bridgehead atoms. The minimum absolute atomic E-state index is 0.0853. The predicted octanol–water partition coefficient (Wildman–Crippen LogP) is 2.94. The van der Waals surface area contributed by atoms with Gasteiger partial charge in [-0.1, -0.05) is 11.6 Å². The Kier molecular flexibility index (Phi) is 6.20. The summed E-state index contributed by atoms with van der Waals surface area (Å²) < 4.78 is 0. The van der Waals surface area contributed by atoms with Gasteiger partial charge < -0.3 is 10.6 Å². The maximum Gasteiger partial charge on any atom is 0.233 e. The summed E-state index contributed by atoms with van der Waals surface area (Å²) in [5.41, 5.74) is 0. The molecule has 5 heteroatoms. The van der Waals surface area contributed by atoms with Gasteiger partial charge in [-0.15, -0.1) is 11.8 Å². The molecule has 2 atom stereocenters. The molecule has 1 aromatic rings. The van der Waals surface area contributed by atoms with Gasteiger partial charge in [0.2, 0.25) is 5.91 Å². The molecule has 0 aromatic heterocycles. The van der Waals surface area contributed by atoms with E-state index in [9.17, 15) is 4.79 Å². The van der Waals surface area contributed by atoms with Crippen LogP contribution < -0.4 is 10.6 Å². The lowest BCUT2D eigenvalue weighted by atomic mass is 10.1. The van der Waals surface area contributed by atoms with Crippen molar-refractivity contribution in [2.45, 2.75) is 29.9 Å². The topological polar surface area (TPSA) is 41.1 Å². The number of hydrogen-bond acceptors (Lipinski definition) is 3. The number of hydrogen-bond donors (Lipinski definition) is 2. The molecular weight excluding hydrogens is 292 g/mol. The monoisotopic (exact) mass is 312 g/mol. The van der Waals surface area contributed by atoms with Crippen LogP contribution >= 0.6 is 23.4 Å². The van der Waals surface area contributed by atoms with Gasteiger partial charge in [0, 0.05) is 16.5 Å². The van der Waals surface area contributed by atoms with Crippen LogP contribution in [0.25, 0.3) is 0 Å². The Hall–Kier alpha value is -0.710. The van der Waals surface area contributed by atoms with Crippen molar-refractivity contribution in [3.63, 3.8) is 0 Å². The molecule has 1 saturated heterocycles. The van der Waals surface area contributed by atoms with Crippen molar-refractivity contribution in [3.8, 4) is 0 Å². The molecule has 20 heavy (non-hydrogen) atoms. The zero-order valence-corrected chi connectivity index (χ0v) is 13.3.